The molecular formula is C13H16N2O5S. The Balaban J connectivity index is 2.37. The molecule has 1 rings (SSSR count). The van der Waals surface area contributed by atoms with Gasteiger partial charge in [-0.25, -0.2) is 9.59 Å². The molecule has 0 saturated heterocycles. The number of ether oxygens (including phenoxy) is 1. The van der Waals surface area contributed by atoms with Gasteiger partial charge in [-0.2, -0.15) is 0 Å². The maximum absolute atomic E-state index is 11.5. The Morgan fingerprint density at radius 3 is 2.76 bits per heavy atom. The van der Waals surface area contributed by atoms with E-state index >= 15 is 0 Å². The van der Waals surface area contributed by atoms with Crippen LogP contribution in [-0.2, 0) is 9.53 Å². The third-order valence-electron chi connectivity index (χ3n) is 2.30. The zero-order valence-corrected chi connectivity index (χ0v) is 12.2. The molecule has 0 aliphatic rings. The van der Waals surface area contributed by atoms with Crippen molar-refractivity contribution >= 4 is 29.7 Å². The zero-order chi connectivity index (χ0) is 15.7. The predicted molar refractivity (Wildman–Crippen MR) is 77.5 cm³/mol. The van der Waals surface area contributed by atoms with Gasteiger partial charge in [-0.05, 0) is 18.2 Å². The normalized spacial score (nSPS) is 9.95. The quantitative estimate of drug-likeness (QED) is 0.511. The third-order valence-corrected chi connectivity index (χ3v) is 3.29. The molecule has 0 fully saturated rings. The number of carbonyl (C=O) groups is 3. The summed E-state index contributed by atoms with van der Waals surface area (Å²) in [5, 5.41) is 13.5. The minimum absolute atomic E-state index is 0.0147. The molecule has 0 unspecified atom stereocenters. The molecule has 8 heteroatoms. The van der Waals surface area contributed by atoms with Gasteiger partial charge in [0.25, 0.3) is 0 Å². The maximum Gasteiger partial charge on any atom is 0.335 e. The topological polar surface area (TPSA) is 105 Å². The van der Waals surface area contributed by atoms with Crippen LogP contribution in [0.15, 0.2) is 29.2 Å². The summed E-state index contributed by atoms with van der Waals surface area (Å²) >= 11 is 1.15. The number of imide groups is 1. The van der Waals surface area contributed by atoms with Gasteiger partial charge in [-0.1, -0.05) is 6.07 Å². The van der Waals surface area contributed by atoms with Crippen LogP contribution >= 0.6 is 11.8 Å². The van der Waals surface area contributed by atoms with Crippen LogP contribution < -0.4 is 10.6 Å². The average Bonchev–Trinajstić information content (AvgIpc) is 2.45. The lowest BCUT2D eigenvalue weighted by atomic mass is 10.2. The van der Waals surface area contributed by atoms with E-state index in [2.05, 4.69) is 10.6 Å². The summed E-state index contributed by atoms with van der Waals surface area (Å²) in [7, 11) is 1.51. The summed E-state index contributed by atoms with van der Waals surface area (Å²) in [6, 6.07) is 5.65. The van der Waals surface area contributed by atoms with E-state index in [1.807, 2.05) is 0 Å². The SMILES string of the molecule is COCCNC(=O)NC(=O)CSc1cccc(C(=O)O)c1. The summed E-state index contributed by atoms with van der Waals surface area (Å²) in [4.78, 5) is 34.3. The van der Waals surface area contributed by atoms with Crippen molar-refractivity contribution in [3.05, 3.63) is 29.8 Å². The van der Waals surface area contributed by atoms with Gasteiger partial charge in [0.05, 0.1) is 17.9 Å². The van der Waals surface area contributed by atoms with Crippen molar-refractivity contribution < 1.29 is 24.2 Å². The van der Waals surface area contributed by atoms with Crippen molar-refractivity contribution in [2.75, 3.05) is 26.0 Å². The first-order valence-electron chi connectivity index (χ1n) is 6.05. The fourth-order valence-electron chi connectivity index (χ4n) is 1.34. The van der Waals surface area contributed by atoms with Gasteiger partial charge >= 0.3 is 12.0 Å². The van der Waals surface area contributed by atoms with Gasteiger partial charge in [-0.3, -0.25) is 10.1 Å². The number of carbonyl (C=O) groups excluding carboxylic acids is 2. The molecule has 0 aliphatic carbocycles. The molecule has 7 nitrogen and oxygen atoms in total. The number of hydrogen-bond acceptors (Lipinski definition) is 5. The molecule has 0 radical (unpaired) electrons. The number of urea groups is 1. The first-order valence-corrected chi connectivity index (χ1v) is 7.04. The highest BCUT2D eigenvalue weighted by Crippen LogP contribution is 2.18. The zero-order valence-electron chi connectivity index (χ0n) is 11.4. The molecule has 0 heterocycles. The Morgan fingerprint density at radius 1 is 1.33 bits per heavy atom. The lowest BCUT2D eigenvalue weighted by Gasteiger charge is -2.06. The van der Waals surface area contributed by atoms with Crippen LogP contribution in [0, 0.1) is 0 Å². The highest BCUT2D eigenvalue weighted by atomic mass is 32.2. The fraction of sp³-hybridized carbons (Fsp3) is 0.308. The van der Waals surface area contributed by atoms with Crippen molar-refractivity contribution in [3.63, 3.8) is 0 Å². The largest absolute Gasteiger partial charge is 0.478 e. The first-order chi connectivity index (χ1) is 10.0. The summed E-state index contributed by atoms with van der Waals surface area (Å²) in [6.45, 7) is 0.668. The second-order valence-electron chi connectivity index (χ2n) is 3.92. The molecule has 0 spiro atoms. The molecule has 21 heavy (non-hydrogen) atoms. The van der Waals surface area contributed by atoms with Gasteiger partial charge in [0.1, 0.15) is 0 Å². The first kappa shape index (κ1) is 17.0. The lowest BCUT2D eigenvalue weighted by molar-refractivity contribution is -0.117. The van der Waals surface area contributed by atoms with E-state index in [4.69, 9.17) is 9.84 Å². The molecule has 0 saturated carbocycles. The Morgan fingerprint density at radius 2 is 2.10 bits per heavy atom. The fourth-order valence-corrected chi connectivity index (χ4v) is 2.10. The molecule has 3 amide bonds. The molecule has 0 atom stereocenters. The summed E-state index contributed by atoms with van der Waals surface area (Å²) in [6.07, 6.45) is 0. The van der Waals surface area contributed by atoms with E-state index in [9.17, 15) is 14.4 Å². The van der Waals surface area contributed by atoms with Crippen LogP contribution in [0.2, 0.25) is 0 Å². The third kappa shape index (κ3) is 6.77. The Labute approximate surface area is 126 Å². The molecule has 0 bridgehead atoms. The predicted octanol–water partition coefficient (Wildman–Crippen LogP) is 0.949. The summed E-state index contributed by atoms with van der Waals surface area (Å²) < 4.78 is 4.75. The second kappa shape index (κ2) is 8.98. The van der Waals surface area contributed by atoms with Crippen molar-refractivity contribution in [2.24, 2.45) is 0 Å². The number of aromatic carboxylic acids is 1. The van der Waals surface area contributed by atoms with Crippen LogP contribution in [0.5, 0.6) is 0 Å². The molecule has 1 aromatic carbocycles. The van der Waals surface area contributed by atoms with Crippen molar-refractivity contribution in [3.8, 4) is 0 Å². The van der Waals surface area contributed by atoms with Crippen LogP contribution in [0.4, 0.5) is 4.79 Å². The number of amides is 3. The van der Waals surface area contributed by atoms with Gasteiger partial charge < -0.3 is 15.2 Å². The molecule has 114 valence electrons. The summed E-state index contributed by atoms with van der Waals surface area (Å²) in [5.74, 6) is -1.48. The highest BCUT2D eigenvalue weighted by molar-refractivity contribution is 8.00. The molecule has 0 aliphatic heterocycles. The standard InChI is InChI=1S/C13H16N2O5S/c1-20-6-5-14-13(19)15-11(16)8-21-10-4-2-3-9(7-10)12(17)18/h2-4,7H,5-6,8H2,1H3,(H,17,18)(H2,14,15,16,19). The van der Waals surface area contributed by atoms with Crippen LogP contribution in [0.3, 0.4) is 0 Å². The number of carboxylic acids is 1. The Bertz CT molecular complexity index is 521. The van der Waals surface area contributed by atoms with E-state index in [0.29, 0.717) is 18.0 Å². The van der Waals surface area contributed by atoms with E-state index in [0.717, 1.165) is 11.8 Å². The van der Waals surface area contributed by atoms with Gasteiger partial charge in [0.2, 0.25) is 5.91 Å². The van der Waals surface area contributed by atoms with Crippen LogP contribution in [-0.4, -0.2) is 49.0 Å². The maximum atomic E-state index is 11.5. The molecule has 3 N–H and O–H groups in total. The number of carboxylic acid groups (broad SMARTS) is 1. The number of nitrogens with one attached hydrogen (secondary N) is 2. The number of hydrogen-bond donors (Lipinski definition) is 3. The molecular weight excluding hydrogens is 296 g/mol. The number of thioether (sulfide) groups is 1. The smallest absolute Gasteiger partial charge is 0.335 e. The number of methoxy groups -OCH3 is 1. The minimum atomic E-state index is -1.03. The minimum Gasteiger partial charge on any atom is -0.478 e. The van der Waals surface area contributed by atoms with Crippen molar-refractivity contribution in [2.45, 2.75) is 4.90 Å². The van der Waals surface area contributed by atoms with Crippen LogP contribution in [0.1, 0.15) is 10.4 Å². The number of benzene rings is 1. The number of rotatable bonds is 7. The lowest BCUT2D eigenvalue weighted by Crippen LogP contribution is -2.41. The van der Waals surface area contributed by atoms with Gasteiger partial charge in [-0.15, -0.1) is 11.8 Å². The van der Waals surface area contributed by atoms with Gasteiger partial charge in [0, 0.05) is 18.6 Å². The van der Waals surface area contributed by atoms with Crippen molar-refractivity contribution in [1.29, 1.82) is 0 Å². The highest BCUT2D eigenvalue weighted by Gasteiger charge is 2.09. The van der Waals surface area contributed by atoms with Crippen molar-refractivity contribution in [1.82, 2.24) is 10.6 Å². The monoisotopic (exact) mass is 312 g/mol. The van der Waals surface area contributed by atoms with E-state index in [1.54, 1.807) is 12.1 Å². The van der Waals surface area contributed by atoms with E-state index in [-0.39, 0.29) is 11.3 Å². The summed E-state index contributed by atoms with van der Waals surface area (Å²) in [5.41, 5.74) is 0.151. The van der Waals surface area contributed by atoms with Crippen LogP contribution in [0.25, 0.3) is 0 Å². The average molecular weight is 312 g/mol. The van der Waals surface area contributed by atoms with E-state index < -0.39 is 17.9 Å². The Kier molecular flexibility index (Phi) is 7.27. The molecule has 0 aromatic heterocycles. The van der Waals surface area contributed by atoms with E-state index in [1.165, 1.54) is 19.2 Å². The Hall–Kier alpha value is -2.06. The second-order valence-corrected chi connectivity index (χ2v) is 4.97. The molecule has 1 aromatic rings. The van der Waals surface area contributed by atoms with Gasteiger partial charge in [0.15, 0.2) is 0 Å².